The smallest absolute Gasteiger partial charge is 0.435 e. The van der Waals surface area contributed by atoms with Crippen LogP contribution < -0.4 is 43.8 Å². The van der Waals surface area contributed by atoms with E-state index in [1.54, 1.807) is 43.4 Å². The number of nitrogens with zero attached hydrogens (tertiary/aromatic N) is 12. The van der Waals surface area contributed by atoms with E-state index in [9.17, 15) is 49.5 Å². The summed E-state index contributed by atoms with van der Waals surface area (Å²) in [4.78, 5) is 50.7. The van der Waals surface area contributed by atoms with Crippen molar-refractivity contribution in [3.8, 4) is 68.6 Å². The van der Waals surface area contributed by atoms with Crippen molar-refractivity contribution in [2.45, 2.75) is 44.9 Å². The number of amides is 1. The third-order valence-corrected chi connectivity index (χ3v) is 14.2. The molecule has 0 atom stereocenters. The lowest BCUT2D eigenvalue weighted by atomic mass is 10.1. The molecule has 0 aliphatic rings. The summed E-state index contributed by atoms with van der Waals surface area (Å²) in [7, 11) is 5.56. The fraction of sp³-hybridized carbons (Fsp3) is 0.241. The number of methoxy groups -OCH3 is 6. The van der Waals surface area contributed by atoms with Gasteiger partial charge in [0.25, 0.3) is 15.9 Å². The van der Waals surface area contributed by atoms with Crippen LogP contribution in [0, 0.1) is 27.7 Å². The van der Waals surface area contributed by atoms with Gasteiger partial charge < -0.3 is 44.2 Å². The van der Waals surface area contributed by atoms with Crippen LogP contribution in [0.15, 0.2) is 90.3 Å². The second kappa shape index (κ2) is 24.9. The number of hydrogen-bond acceptors (Lipinski definition) is 21. The number of aromatic nitrogens is 12. The first kappa shape index (κ1) is 62.4. The Kier molecular flexibility index (Phi) is 17.9. The Bertz CT molecular complexity index is 4170. The molecule has 0 radical (unpaired) electrons. The fourth-order valence-corrected chi connectivity index (χ4v) is 9.89. The largest absolute Gasteiger partial charge is 0.497 e. The normalized spacial score (nSPS) is 11.5. The van der Waals surface area contributed by atoms with Crippen molar-refractivity contribution >= 4 is 45.2 Å². The minimum absolute atomic E-state index is 0.0162. The molecule has 0 unspecified atom stereocenters. The molecule has 7 aromatic heterocycles. The summed E-state index contributed by atoms with van der Waals surface area (Å²) < 4.78 is 145. The minimum atomic E-state index is -4.76. The third-order valence-electron chi connectivity index (χ3n) is 12.6. The summed E-state index contributed by atoms with van der Waals surface area (Å²) in [5, 5.41) is 27.1. The van der Waals surface area contributed by atoms with Crippen LogP contribution in [-0.2, 0) is 29.4 Å². The van der Waals surface area contributed by atoms with Crippen molar-refractivity contribution in [1.29, 1.82) is 0 Å². The van der Waals surface area contributed by atoms with E-state index in [4.69, 9.17) is 28.4 Å². The van der Waals surface area contributed by atoms with Gasteiger partial charge in [-0.25, -0.2) is 47.2 Å². The number of pyridine rings is 2. The molecule has 87 heavy (non-hydrogen) atoms. The van der Waals surface area contributed by atoms with Crippen LogP contribution in [0.3, 0.4) is 0 Å². The lowest BCUT2D eigenvalue weighted by Gasteiger charge is -2.15. The molecule has 0 saturated heterocycles. The van der Waals surface area contributed by atoms with E-state index in [0.29, 0.717) is 40.1 Å². The Labute approximate surface area is 490 Å². The number of carboxylic acids is 1. The number of ether oxygens (including phenoxy) is 6. The van der Waals surface area contributed by atoms with Crippen molar-refractivity contribution in [3.05, 3.63) is 131 Å². The number of hydrogen-bond donors (Lipinski definition) is 4. The predicted molar refractivity (Wildman–Crippen MR) is 297 cm³/mol. The number of aryl methyl sites for hydroxylation is 4. The standard InChI is InChI=1S/C30H30F3N9O6S.C24H21F3N6O5/c1-15-8-24(30(31,32)33)39-42(15)26-23(14-35-29(37-26)36-19-10-20(46-5)12-21(11-19)47-6)18-9-22(28(48-7)34-13-18)27(43)40-49(44,45)25-16(2)38-41(4)17(25)3;1-12-5-19(24(25,26)27)32-33(12)20-18(13-6-17(22(34)35)21(38-4)28-10-13)11-29-23(31-20)30-14-7-15(36-2)9-16(8-14)37-3/h8-14H,1-7H3,(H,40,43)(H,35,36,37);5-11H,1-4H3,(H,34,35)(H,29,30,31). The molecule has 9 aromatic rings. The zero-order valence-electron chi connectivity index (χ0n) is 47.7. The van der Waals surface area contributed by atoms with Gasteiger partial charge in [0.15, 0.2) is 23.0 Å². The Morgan fingerprint density at radius 2 is 0.943 bits per heavy atom. The van der Waals surface area contributed by atoms with Crippen LogP contribution in [0.2, 0.25) is 0 Å². The first-order valence-electron chi connectivity index (χ1n) is 25.0. The van der Waals surface area contributed by atoms with Crippen LogP contribution in [0.25, 0.3) is 33.9 Å². The van der Waals surface area contributed by atoms with Crippen molar-refractivity contribution in [2.24, 2.45) is 7.05 Å². The summed E-state index contributed by atoms with van der Waals surface area (Å²) in [5.74, 6) is -1.09. The van der Waals surface area contributed by atoms with E-state index in [2.05, 4.69) is 55.8 Å². The zero-order chi connectivity index (χ0) is 63.4. The Morgan fingerprint density at radius 1 is 0.540 bits per heavy atom. The number of aromatic carboxylic acids is 1. The number of benzene rings is 2. The van der Waals surface area contributed by atoms with Crippen LogP contribution >= 0.6 is 0 Å². The topological polar surface area (TPSA) is 311 Å². The predicted octanol–water partition coefficient (Wildman–Crippen LogP) is 8.81. The molecule has 2 aromatic carbocycles. The highest BCUT2D eigenvalue weighted by atomic mass is 32.2. The van der Waals surface area contributed by atoms with Gasteiger partial charge in [0, 0.05) is 113 Å². The fourth-order valence-electron chi connectivity index (χ4n) is 8.48. The summed E-state index contributed by atoms with van der Waals surface area (Å²) in [6, 6.07) is 14.1. The Balaban J connectivity index is 0.000000233. The van der Waals surface area contributed by atoms with Crippen molar-refractivity contribution in [2.75, 3.05) is 53.3 Å². The summed E-state index contributed by atoms with van der Waals surface area (Å²) in [6.45, 7) is 5.87. The van der Waals surface area contributed by atoms with Crippen molar-refractivity contribution in [1.82, 2.24) is 64.0 Å². The summed E-state index contributed by atoms with van der Waals surface area (Å²) in [6.07, 6.45) is -4.26. The second-order valence-electron chi connectivity index (χ2n) is 18.4. The lowest BCUT2D eigenvalue weighted by Crippen LogP contribution is -2.31. The van der Waals surface area contributed by atoms with E-state index in [-0.39, 0.29) is 90.7 Å². The van der Waals surface area contributed by atoms with Gasteiger partial charge in [0.2, 0.25) is 23.7 Å². The van der Waals surface area contributed by atoms with E-state index in [0.717, 1.165) is 21.5 Å². The van der Waals surface area contributed by atoms with Gasteiger partial charge in [0.05, 0.1) is 54.0 Å². The number of halogens is 6. The minimum Gasteiger partial charge on any atom is -0.497 e. The molecule has 0 bridgehead atoms. The molecular formula is C54H51F6N15O11S. The number of anilines is 4. The maximum atomic E-state index is 13.7. The molecule has 0 aliphatic heterocycles. The quantitative estimate of drug-likeness (QED) is 0.0583. The number of rotatable bonds is 18. The van der Waals surface area contributed by atoms with Crippen LogP contribution in [0.1, 0.15) is 54.9 Å². The molecule has 7 heterocycles. The zero-order valence-corrected chi connectivity index (χ0v) is 48.5. The third kappa shape index (κ3) is 13.7. The first-order chi connectivity index (χ1) is 41.1. The lowest BCUT2D eigenvalue weighted by molar-refractivity contribution is -0.142. The van der Waals surface area contributed by atoms with Crippen LogP contribution in [0.4, 0.5) is 49.6 Å². The highest BCUT2D eigenvalue weighted by molar-refractivity contribution is 7.90. The second-order valence-corrected chi connectivity index (χ2v) is 20.0. The van der Waals surface area contributed by atoms with Crippen molar-refractivity contribution in [3.63, 3.8) is 0 Å². The molecule has 33 heteroatoms. The molecule has 9 rings (SSSR count). The van der Waals surface area contributed by atoms with Gasteiger partial charge >= 0.3 is 18.3 Å². The molecule has 4 N–H and O–H groups in total. The number of alkyl halides is 6. The molecule has 0 aliphatic carbocycles. The van der Waals surface area contributed by atoms with E-state index in [1.807, 2.05) is 4.72 Å². The molecule has 26 nitrogen and oxygen atoms in total. The molecule has 1 amide bonds. The first-order valence-corrected chi connectivity index (χ1v) is 26.5. The van der Waals surface area contributed by atoms with Gasteiger partial charge in [0.1, 0.15) is 39.0 Å². The molecular weight excluding hydrogens is 1180 g/mol. The molecule has 0 saturated carbocycles. The highest BCUT2D eigenvalue weighted by Gasteiger charge is 2.37. The summed E-state index contributed by atoms with van der Waals surface area (Å²) in [5.41, 5.74) is -0.616. The van der Waals surface area contributed by atoms with Crippen molar-refractivity contribution < 1.29 is 77.9 Å². The monoisotopic (exact) mass is 1230 g/mol. The SMILES string of the molecule is COc1cc(Nc2ncc(-c3cnc(OC)c(C(=O)NS(=O)(=O)c4c(C)nn(C)c4C)c3)c(-n3nc(C(F)(F)F)cc3C)n2)cc(OC)c1.COc1cc(Nc2ncc(-c3cnc(OC)c(C(=O)O)c3)c(-n3nc(C(F)(F)F)cc3C)n2)cc(OC)c1. The number of nitrogens with one attached hydrogen (secondary N) is 3. The van der Waals surface area contributed by atoms with Crippen LogP contribution in [-0.4, -0.2) is 127 Å². The van der Waals surface area contributed by atoms with Crippen LogP contribution in [0.5, 0.6) is 34.8 Å². The van der Waals surface area contributed by atoms with Gasteiger partial charge in [-0.3, -0.25) is 9.48 Å². The molecule has 0 fully saturated rings. The maximum Gasteiger partial charge on any atom is 0.435 e. The number of carbonyl (C=O) groups is 2. The van der Waals surface area contributed by atoms with E-state index in [1.165, 1.54) is 112 Å². The average molecular weight is 1230 g/mol. The average Bonchev–Trinajstić information content (AvgIpc) is 2.12. The Morgan fingerprint density at radius 3 is 1.29 bits per heavy atom. The number of carbonyl (C=O) groups excluding carboxylic acids is 1. The summed E-state index contributed by atoms with van der Waals surface area (Å²) >= 11 is 0. The maximum absolute atomic E-state index is 13.7. The highest BCUT2D eigenvalue weighted by Crippen LogP contribution is 2.37. The molecule has 0 spiro atoms. The number of carboxylic acid groups (broad SMARTS) is 1. The van der Waals surface area contributed by atoms with E-state index >= 15 is 0 Å². The van der Waals surface area contributed by atoms with E-state index < -0.39 is 45.6 Å². The molecule has 456 valence electrons. The van der Waals surface area contributed by atoms with Gasteiger partial charge in [-0.1, -0.05) is 0 Å². The Hall–Kier alpha value is -10.6. The van der Waals surface area contributed by atoms with Gasteiger partial charge in [-0.2, -0.15) is 51.6 Å². The van der Waals surface area contributed by atoms with Gasteiger partial charge in [-0.05, 0) is 52.0 Å². The van der Waals surface area contributed by atoms with Gasteiger partial charge in [-0.15, -0.1) is 0 Å². The number of sulfonamides is 1.